The first-order valence-corrected chi connectivity index (χ1v) is 11.1. The number of benzene rings is 1. The second-order valence-corrected chi connectivity index (χ2v) is 8.93. The number of nitrogens with zero attached hydrogens (tertiary/aromatic N) is 1. The summed E-state index contributed by atoms with van der Waals surface area (Å²) in [6.07, 6.45) is 5.30. The maximum Gasteiger partial charge on any atom is 0.226 e. The molecule has 1 amide bonds. The summed E-state index contributed by atoms with van der Waals surface area (Å²) in [6.45, 7) is 7.42. The minimum Gasteiger partial charge on any atom is -0.394 e. The molecule has 0 aliphatic carbocycles. The summed E-state index contributed by atoms with van der Waals surface area (Å²) < 4.78 is 0. The third kappa shape index (κ3) is 6.78. The second-order valence-electron chi connectivity index (χ2n) is 8.06. The van der Waals surface area contributed by atoms with Gasteiger partial charge in [-0.3, -0.25) is 9.78 Å². The second kappa shape index (κ2) is 11.6. The Morgan fingerprint density at radius 1 is 1.23 bits per heavy atom. The standard InChI is InChI=1S/C24H30Cl2N2O3/c1-4-10-24(3,23(31)28-20(5-2)15-29)12-21(17-11-19(26)14-27-13-17)22(30)16-6-8-18(25)9-7-16/h4,6-9,11,13-14,20-22,29-30H,1,5,10,12,15H2,2-3H3,(H,28,31)/t20-,21+,22-,24+/m1/s1. The van der Waals surface area contributed by atoms with Gasteiger partial charge in [-0.25, -0.2) is 0 Å². The molecule has 0 saturated carbocycles. The molecule has 2 aromatic rings. The van der Waals surface area contributed by atoms with Gasteiger partial charge in [-0.05, 0) is 48.6 Å². The SMILES string of the molecule is C=CC[C@@](C)(C[C@@H](c1cncc(Cl)c1)[C@H](O)c1ccc(Cl)cc1)C(=O)N[C@H](CC)CO. The van der Waals surface area contributed by atoms with Crippen molar-refractivity contribution in [1.29, 1.82) is 0 Å². The van der Waals surface area contributed by atoms with Crippen LogP contribution in [0.25, 0.3) is 0 Å². The minimum atomic E-state index is -0.908. The topological polar surface area (TPSA) is 82.5 Å². The van der Waals surface area contributed by atoms with Gasteiger partial charge in [-0.2, -0.15) is 0 Å². The van der Waals surface area contributed by atoms with Gasteiger partial charge in [-0.15, -0.1) is 6.58 Å². The van der Waals surface area contributed by atoms with Crippen LogP contribution in [0.3, 0.4) is 0 Å². The van der Waals surface area contributed by atoms with Gasteiger partial charge in [0.15, 0.2) is 0 Å². The van der Waals surface area contributed by atoms with Gasteiger partial charge in [0.2, 0.25) is 5.91 Å². The fourth-order valence-corrected chi connectivity index (χ4v) is 3.95. The Bertz CT molecular complexity index is 871. The smallest absolute Gasteiger partial charge is 0.226 e. The van der Waals surface area contributed by atoms with Crippen molar-refractivity contribution in [3.8, 4) is 0 Å². The van der Waals surface area contributed by atoms with Crippen LogP contribution in [-0.4, -0.2) is 33.8 Å². The number of amides is 1. The highest BCUT2D eigenvalue weighted by atomic mass is 35.5. The fourth-order valence-electron chi connectivity index (χ4n) is 3.64. The normalized spacial score (nSPS) is 16.1. The quantitative estimate of drug-likeness (QED) is 0.405. The zero-order valence-electron chi connectivity index (χ0n) is 17.9. The monoisotopic (exact) mass is 464 g/mol. The number of aliphatic hydroxyl groups excluding tert-OH is 2. The van der Waals surface area contributed by atoms with Gasteiger partial charge in [0.05, 0.1) is 29.2 Å². The van der Waals surface area contributed by atoms with E-state index in [1.165, 1.54) is 6.20 Å². The zero-order chi connectivity index (χ0) is 23.0. The number of halogens is 2. The van der Waals surface area contributed by atoms with E-state index < -0.39 is 17.4 Å². The molecule has 0 bridgehead atoms. The number of rotatable bonds is 11. The molecule has 5 nitrogen and oxygen atoms in total. The molecule has 0 radical (unpaired) electrons. The lowest BCUT2D eigenvalue weighted by molar-refractivity contribution is -0.132. The molecule has 0 unspecified atom stereocenters. The van der Waals surface area contributed by atoms with E-state index in [1.54, 1.807) is 42.6 Å². The first kappa shape index (κ1) is 25.3. The Labute approximate surface area is 194 Å². The van der Waals surface area contributed by atoms with E-state index in [1.807, 2.05) is 13.8 Å². The number of pyridine rings is 1. The number of nitrogens with one attached hydrogen (secondary N) is 1. The maximum atomic E-state index is 13.2. The van der Waals surface area contributed by atoms with Gasteiger partial charge < -0.3 is 15.5 Å². The molecule has 0 aliphatic heterocycles. The first-order chi connectivity index (χ1) is 14.7. The molecule has 168 valence electrons. The Morgan fingerprint density at radius 2 is 1.90 bits per heavy atom. The predicted molar refractivity (Wildman–Crippen MR) is 125 cm³/mol. The average molecular weight is 465 g/mol. The van der Waals surface area contributed by atoms with Crippen molar-refractivity contribution in [3.05, 3.63) is 76.6 Å². The summed E-state index contributed by atoms with van der Waals surface area (Å²) in [5.41, 5.74) is 0.537. The van der Waals surface area contributed by atoms with E-state index in [0.717, 1.165) is 5.56 Å². The van der Waals surface area contributed by atoms with Crippen LogP contribution in [0.5, 0.6) is 0 Å². The molecule has 0 aliphatic rings. The molecule has 4 atom stereocenters. The number of hydrogen-bond donors (Lipinski definition) is 3. The summed E-state index contributed by atoms with van der Waals surface area (Å²) in [6, 6.07) is 8.40. The van der Waals surface area contributed by atoms with E-state index in [4.69, 9.17) is 23.2 Å². The van der Waals surface area contributed by atoms with Crippen LogP contribution in [0.1, 0.15) is 56.3 Å². The largest absolute Gasteiger partial charge is 0.394 e. The Balaban J connectivity index is 2.44. The molecule has 0 spiro atoms. The molecule has 0 saturated heterocycles. The average Bonchev–Trinajstić information content (AvgIpc) is 2.76. The van der Waals surface area contributed by atoms with Crippen LogP contribution in [-0.2, 0) is 4.79 Å². The number of hydrogen-bond acceptors (Lipinski definition) is 4. The van der Waals surface area contributed by atoms with Crippen LogP contribution >= 0.6 is 23.2 Å². The third-order valence-electron chi connectivity index (χ3n) is 5.61. The van der Waals surface area contributed by atoms with Crippen LogP contribution in [0.2, 0.25) is 10.0 Å². The summed E-state index contributed by atoms with van der Waals surface area (Å²) in [5.74, 6) is -0.658. The van der Waals surface area contributed by atoms with E-state index in [9.17, 15) is 15.0 Å². The predicted octanol–water partition coefficient (Wildman–Crippen LogP) is 5.07. The van der Waals surface area contributed by atoms with Gasteiger partial charge >= 0.3 is 0 Å². The van der Waals surface area contributed by atoms with E-state index in [2.05, 4.69) is 16.9 Å². The molecular formula is C24H30Cl2N2O3. The summed E-state index contributed by atoms with van der Waals surface area (Å²) in [7, 11) is 0. The lowest BCUT2D eigenvalue weighted by Crippen LogP contribution is -2.46. The van der Waals surface area contributed by atoms with Crippen molar-refractivity contribution in [2.75, 3.05) is 6.61 Å². The Morgan fingerprint density at radius 3 is 2.45 bits per heavy atom. The Kier molecular flexibility index (Phi) is 9.51. The van der Waals surface area contributed by atoms with Crippen molar-refractivity contribution >= 4 is 29.1 Å². The highest BCUT2D eigenvalue weighted by molar-refractivity contribution is 6.30. The van der Waals surface area contributed by atoms with Crippen molar-refractivity contribution in [1.82, 2.24) is 10.3 Å². The summed E-state index contributed by atoms with van der Waals surface area (Å²) in [5, 5.41) is 24.7. The van der Waals surface area contributed by atoms with Crippen LogP contribution in [0, 0.1) is 5.41 Å². The lowest BCUT2D eigenvalue weighted by Gasteiger charge is -2.35. The number of aromatic nitrogens is 1. The molecule has 1 aromatic carbocycles. The molecular weight excluding hydrogens is 435 g/mol. The van der Waals surface area contributed by atoms with Crippen molar-refractivity contribution < 1.29 is 15.0 Å². The molecule has 31 heavy (non-hydrogen) atoms. The van der Waals surface area contributed by atoms with Gasteiger partial charge in [0, 0.05) is 23.3 Å². The van der Waals surface area contributed by atoms with Crippen molar-refractivity contribution in [3.63, 3.8) is 0 Å². The highest BCUT2D eigenvalue weighted by Gasteiger charge is 2.38. The maximum absolute atomic E-state index is 13.2. The van der Waals surface area contributed by atoms with Crippen molar-refractivity contribution in [2.45, 2.75) is 51.2 Å². The molecule has 1 heterocycles. The van der Waals surface area contributed by atoms with Crippen LogP contribution in [0.4, 0.5) is 0 Å². The van der Waals surface area contributed by atoms with E-state index in [-0.39, 0.29) is 18.6 Å². The lowest BCUT2D eigenvalue weighted by atomic mass is 9.73. The number of carbonyl (C=O) groups is 1. The highest BCUT2D eigenvalue weighted by Crippen LogP contribution is 2.42. The van der Waals surface area contributed by atoms with Gasteiger partial charge in [0.25, 0.3) is 0 Å². The zero-order valence-corrected chi connectivity index (χ0v) is 19.4. The number of aliphatic hydroxyl groups is 2. The van der Waals surface area contributed by atoms with Gasteiger partial charge in [0.1, 0.15) is 0 Å². The molecule has 7 heteroatoms. The summed E-state index contributed by atoms with van der Waals surface area (Å²) >= 11 is 12.2. The fraction of sp³-hybridized carbons (Fsp3) is 0.417. The van der Waals surface area contributed by atoms with E-state index in [0.29, 0.717) is 34.9 Å². The van der Waals surface area contributed by atoms with Crippen LogP contribution < -0.4 is 5.32 Å². The number of carbonyl (C=O) groups excluding carboxylic acids is 1. The van der Waals surface area contributed by atoms with Gasteiger partial charge in [-0.1, -0.05) is 55.3 Å². The minimum absolute atomic E-state index is 0.137. The number of allylic oxidation sites excluding steroid dienone is 1. The third-order valence-corrected chi connectivity index (χ3v) is 6.07. The summed E-state index contributed by atoms with van der Waals surface area (Å²) in [4.78, 5) is 17.4. The van der Waals surface area contributed by atoms with E-state index >= 15 is 0 Å². The van der Waals surface area contributed by atoms with Crippen LogP contribution in [0.15, 0.2) is 55.4 Å². The van der Waals surface area contributed by atoms with Crippen molar-refractivity contribution in [2.24, 2.45) is 5.41 Å². The Hall–Kier alpha value is -1.92. The first-order valence-electron chi connectivity index (χ1n) is 10.3. The molecule has 2 rings (SSSR count). The molecule has 0 fully saturated rings. The molecule has 1 aromatic heterocycles. The molecule has 3 N–H and O–H groups in total.